The molecule has 2 aromatic carbocycles. The minimum Gasteiger partial charge on any atom is -0.493 e. The van der Waals surface area contributed by atoms with Crippen molar-refractivity contribution in [1.29, 1.82) is 0 Å². The van der Waals surface area contributed by atoms with Crippen LogP contribution < -0.4 is 14.8 Å². The summed E-state index contributed by atoms with van der Waals surface area (Å²) in [4.78, 5) is 25.4. The Morgan fingerprint density at radius 2 is 1.59 bits per heavy atom. The van der Waals surface area contributed by atoms with Gasteiger partial charge in [-0.25, -0.2) is 4.39 Å². The monoisotopic (exact) mass is 395 g/mol. The molecule has 0 bridgehead atoms. The Morgan fingerprint density at radius 1 is 0.897 bits per heavy atom. The van der Waals surface area contributed by atoms with Crippen molar-refractivity contribution in [3.05, 3.63) is 70.7 Å². The van der Waals surface area contributed by atoms with Crippen LogP contribution in [0.4, 0.5) is 4.39 Å². The first-order chi connectivity index (χ1) is 14.0. The standard InChI is InChI=1S/C23H22FNO4/c1-28-20-8-5-14(11-21(20)29-2)15-9-18-23(19(26)10-15)17(12-22(27)25-18)13-3-6-16(24)7-4-13/h3-8,11,15,17H,9-10,12H2,1-2H3,(H,25,27)/t15-,17+/m0/s1. The van der Waals surface area contributed by atoms with E-state index in [9.17, 15) is 14.0 Å². The highest BCUT2D eigenvalue weighted by atomic mass is 19.1. The molecule has 1 heterocycles. The summed E-state index contributed by atoms with van der Waals surface area (Å²) in [6.07, 6.45) is 1.10. The van der Waals surface area contributed by atoms with Crippen molar-refractivity contribution in [1.82, 2.24) is 5.32 Å². The average molecular weight is 395 g/mol. The lowest BCUT2D eigenvalue weighted by molar-refractivity contribution is -0.122. The molecule has 150 valence electrons. The summed E-state index contributed by atoms with van der Waals surface area (Å²) >= 11 is 0. The molecule has 0 saturated heterocycles. The van der Waals surface area contributed by atoms with Crippen LogP contribution in [0.1, 0.15) is 42.2 Å². The average Bonchev–Trinajstić information content (AvgIpc) is 2.72. The third-order valence-corrected chi connectivity index (χ3v) is 5.69. The lowest BCUT2D eigenvalue weighted by atomic mass is 9.73. The molecule has 0 saturated carbocycles. The van der Waals surface area contributed by atoms with E-state index in [-0.39, 0.29) is 35.8 Å². The maximum Gasteiger partial charge on any atom is 0.225 e. The van der Waals surface area contributed by atoms with E-state index < -0.39 is 0 Å². The fourth-order valence-corrected chi connectivity index (χ4v) is 4.28. The van der Waals surface area contributed by atoms with E-state index in [0.717, 1.165) is 11.1 Å². The number of halogens is 1. The van der Waals surface area contributed by atoms with Gasteiger partial charge in [0.05, 0.1) is 14.2 Å². The molecule has 4 rings (SSSR count). The van der Waals surface area contributed by atoms with Crippen molar-refractivity contribution in [2.24, 2.45) is 0 Å². The van der Waals surface area contributed by atoms with Gasteiger partial charge in [0.15, 0.2) is 17.3 Å². The molecular formula is C23H22FNO4. The molecule has 6 heteroatoms. The molecule has 0 aromatic heterocycles. The Hall–Kier alpha value is -3.15. The summed E-state index contributed by atoms with van der Waals surface area (Å²) in [5.41, 5.74) is 3.06. The van der Waals surface area contributed by atoms with Crippen LogP contribution in [0.15, 0.2) is 53.7 Å². The Kier molecular flexibility index (Phi) is 5.09. The van der Waals surface area contributed by atoms with E-state index in [4.69, 9.17) is 9.47 Å². The van der Waals surface area contributed by atoms with Gasteiger partial charge in [0.25, 0.3) is 0 Å². The van der Waals surface area contributed by atoms with Gasteiger partial charge in [-0.15, -0.1) is 0 Å². The van der Waals surface area contributed by atoms with Crippen molar-refractivity contribution in [2.75, 3.05) is 14.2 Å². The van der Waals surface area contributed by atoms with Gasteiger partial charge in [-0.1, -0.05) is 18.2 Å². The second-order valence-corrected chi connectivity index (χ2v) is 7.39. The molecule has 1 aliphatic carbocycles. The Morgan fingerprint density at radius 3 is 2.28 bits per heavy atom. The van der Waals surface area contributed by atoms with E-state index in [2.05, 4.69) is 5.32 Å². The number of benzene rings is 2. The predicted molar refractivity (Wildman–Crippen MR) is 105 cm³/mol. The minimum absolute atomic E-state index is 0.0142. The van der Waals surface area contributed by atoms with E-state index in [1.807, 2.05) is 18.2 Å². The molecule has 29 heavy (non-hydrogen) atoms. The first-order valence-corrected chi connectivity index (χ1v) is 9.53. The number of nitrogens with one attached hydrogen (secondary N) is 1. The van der Waals surface area contributed by atoms with Gasteiger partial charge in [-0.2, -0.15) is 0 Å². The highest BCUT2D eigenvalue weighted by molar-refractivity contribution is 6.02. The molecule has 2 aliphatic rings. The van der Waals surface area contributed by atoms with Crippen LogP contribution in [0.25, 0.3) is 0 Å². The third kappa shape index (κ3) is 3.62. The minimum atomic E-state index is -0.341. The van der Waals surface area contributed by atoms with Crippen molar-refractivity contribution in [2.45, 2.75) is 31.1 Å². The van der Waals surface area contributed by atoms with Crippen molar-refractivity contribution in [3.8, 4) is 11.5 Å². The topological polar surface area (TPSA) is 64.6 Å². The highest BCUT2D eigenvalue weighted by Gasteiger charge is 2.38. The van der Waals surface area contributed by atoms with Crippen LogP contribution in [0.5, 0.6) is 11.5 Å². The summed E-state index contributed by atoms with van der Waals surface area (Å²) in [5.74, 6) is 0.382. The number of ketones is 1. The van der Waals surface area contributed by atoms with E-state index in [0.29, 0.717) is 35.6 Å². The maximum atomic E-state index is 13.3. The van der Waals surface area contributed by atoms with Gasteiger partial charge in [0.1, 0.15) is 5.82 Å². The first kappa shape index (κ1) is 19.2. The van der Waals surface area contributed by atoms with Crippen LogP contribution in [0.3, 0.4) is 0 Å². The molecular weight excluding hydrogens is 373 g/mol. The zero-order valence-electron chi connectivity index (χ0n) is 16.3. The number of amides is 1. The zero-order chi connectivity index (χ0) is 20.5. The number of carbonyl (C=O) groups excluding carboxylic acids is 2. The molecule has 0 unspecified atom stereocenters. The number of Topliss-reactive ketones (excluding diaryl/α,β-unsaturated/α-hetero) is 1. The normalized spacial score (nSPS) is 21.5. The Labute approximate surface area is 168 Å². The number of rotatable bonds is 4. The summed E-state index contributed by atoms with van der Waals surface area (Å²) in [6.45, 7) is 0. The summed E-state index contributed by atoms with van der Waals surface area (Å²) < 4.78 is 24.0. The first-order valence-electron chi connectivity index (χ1n) is 9.53. The van der Waals surface area contributed by atoms with E-state index >= 15 is 0 Å². The third-order valence-electron chi connectivity index (χ3n) is 5.69. The van der Waals surface area contributed by atoms with Gasteiger partial charge in [0, 0.05) is 30.0 Å². The predicted octanol–water partition coefficient (Wildman–Crippen LogP) is 3.85. The lowest BCUT2D eigenvalue weighted by Crippen LogP contribution is -2.38. The van der Waals surface area contributed by atoms with Crippen LogP contribution in [0, 0.1) is 5.82 Å². The quantitative estimate of drug-likeness (QED) is 0.854. The second kappa shape index (κ2) is 7.70. The fourth-order valence-electron chi connectivity index (χ4n) is 4.28. The van der Waals surface area contributed by atoms with E-state index in [1.54, 1.807) is 26.4 Å². The number of methoxy groups -OCH3 is 2. The van der Waals surface area contributed by atoms with E-state index in [1.165, 1.54) is 12.1 Å². The van der Waals surface area contributed by atoms with Crippen LogP contribution in [0.2, 0.25) is 0 Å². The Balaban J connectivity index is 1.68. The number of carbonyl (C=O) groups is 2. The highest BCUT2D eigenvalue weighted by Crippen LogP contribution is 2.43. The Bertz CT molecular complexity index is 996. The molecule has 1 aliphatic heterocycles. The van der Waals surface area contributed by atoms with Gasteiger partial charge < -0.3 is 14.8 Å². The smallest absolute Gasteiger partial charge is 0.225 e. The van der Waals surface area contributed by atoms with Gasteiger partial charge in [0.2, 0.25) is 5.91 Å². The van der Waals surface area contributed by atoms with Gasteiger partial charge in [-0.3, -0.25) is 9.59 Å². The second-order valence-electron chi connectivity index (χ2n) is 7.39. The molecule has 5 nitrogen and oxygen atoms in total. The molecule has 1 N–H and O–H groups in total. The summed E-state index contributed by atoms with van der Waals surface area (Å²) in [7, 11) is 3.15. The lowest BCUT2D eigenvalue weighted by Gasteiger charge is -2.34. The number of hydrogen-bond donors (Lipinski definition) is 1. The molecule has 1 amide bonds. The molecule has 0 radical (unpaired) electrons. The SMILES string of the molecule is COc1ccc([C@@H]2CC(=O)C3=C(C2)NC(=O)C[C@@H]3c2ccc(F)cc2)cc1OC. The van der Waals surface area contributed by atoms with Gasteiger partial charge in [-0.05, 0) is 47.7 Å². The van der Waals surface area contributed by atoms with Crippen molar-refractivity contribution < 1.29 is 23.5 Å². The number of hydrogen-bond acceptors (Lipinski definition) is 4. The van der Waals surface area contributed by atoms with Crippen molar-refractivity contribution in [3.63, 3.8) is 0 Å². The molecule has 2 atom stereocenters. The van der Waals surface area contributed by atoms with Crippen molar-refractivity contribution >= 4 is 11.7 Å². The molecule has 0 fully saturated rings. The molecule has 0 spiro atoms. The summed E-state index contributed by atoms with van der Waals surface area (Å²) in [6, 6.07) is 11.7. The summed E-state index contributed by atoms with van der Waals surface area (Å²) in [5, 5.41) is 2.90. The van der Waals surface area contributed by atoms with Crippen LogP contribution in [-0.4, -0.2) is 25.9 Å². The maximum absolute atomic E-state index is 13.3. The number of ether oxygens (including phenoxy) is 2. The number of allylic oxidation sites excluding steroid dienone is 2. The van der Waals surface area contributed by atoms with Crippen LogP contribution in [-0.2, 0) is 9.59 Å². The zero-order valence-corrected chi connectivity index (χ0v) is 16.3. The van der Waals surface area contributed by atoms with Crippen LogP contribution >= 0.6 is 0 Å². The van der Waals surface area contributed by atoms with Gasteiger partial charge >= 0.3 is 0 Å². The fraction of sp³-hybridized carbons (Fsp3) is 0.304. The largest absolute Gasteiger partial charge is 0.493 e. The molecule has 2 aromatic rings.